The number of hydrogen-bond donors (Lipinski definition) is 1. The van der Waals surface area contributed by atoms with E-state index in [0.717, 1.165) is 16.7 Å². The van der Waals surface area contributed by atoms with Crippen molar-refractivity contribution >= 4 is 5.91 Å². The molecule has 0 bridgehead atoms. The van der Waals surface area contributed by atoms with Gasteiger partial charge >= 0.3 is 0 Å². The summed E-state index contributed by atoms with van der Waals surface area (Å²) in [6.07, 6.45) is 0. The summed E-state index contributed by atoms with van der Waals surface area (Å²) >= 11 is 0. The van der Waals surface area contributed by atoms with Crippen molar-refractivity contribution in [2.24, 2.45) is 5.73 Å². The van der Waals surface area contributed by atoms with Gasteiger partial charge in [0.1, 0.15) is 6.04 Å². The molecule has 1 aromatic carbocycles. The van der Waals surface area contributed by atoms with Crippen LogP contribution in [0.4, 0.5) is 0 Å². The number of nitrogens with zero attached hydrogens (tertiary/aromatic N) is 1. The molecule has 1 amide bonds. The average Bonchev–Trinajstić information content (AvgIpc) is 2.20. The molecule has 1 atom stereocenters. The zero-order valence-electron chi connectivity index (χ0n) is 11.6. The normalized spacial score (nSPS) is 12.9. The molecule has 0 spiro atoms. The van der Waals surface area contributed by atoms with Crippen LogP contribution < -0.4 is 5.73 Å². The van der Waals surface area contributed by atoms with Crippen molar-refractivity contribution < 1.29 is 4.79 Å². The fourth-order valence-electron chi connectivity index (χ4n) is 2.31. The van der Waals surface area contributed by atoms with Gasteiger partial charge in [-0.15, -0.1) is 0 Å². The minimum absolute atomic E-state index is 0.300. The van der Waals surface area contributed by atoms with Gasteiger partial charge in [-0.25, -0.2) is 0 Å². The van der Waals surface area contributed by atoms with E-state index < -0.39 is 0 Å². The molecular weight excluding hydrogens is 212 g/mol. The predicted molar refractivity (Wildman–Crippen MR) is 71.0 cm³/mol. The number of benzene rings is 1. The molecule has 0 aliphatic heterocycles. The smallest absolute Gasteiger partial charge is 0.239 e. The molecule has 0 heterocycles. The molecule has 2 N–H and O–H groups in total. The van der Waals surface area contributed by atoms with Crippen LogP contribution in [0, 0.1) is 27.7 Å². The van der Waals surface area contributed by atoms with E-state index in [1.54, 1.807) is 0 Å². The van der Waals surface area contributed by atoms with Gasteiger partial charge in [-0.05, 0) is 69.6 Å². The number of nitrogens with two attached hydrogens (primary N) is 1. The molecule has 0 aliphatic carbocycles. The maximum absolute atomic E-state index is 11.6. The van der Waals surface area contributed by atoms with Crippen LogP contribution in [0.3, 0.4) is 0 Å². The lowest BCUT2D eigenvalue weighted by Crippen LogP contribution is -2.34. The zero-order chi connectivity index (χ0) is 13.3. The van der Waals surface area contributed by atoms with Crippen LogP contribution in [-0.2, 0) is 4.79 Å². The van der Waals surface area contributed by atoms with Crippen LogP contribution in [0.25, 0.3) is 0 Å². The van der Waals surface area contributed by atoms with Crippen molar-refractivity contribution in [1.29, 1.82) is 0 Å². The van der Waals surface area contributed by atoms with Crippen molar-refractivity contribution in [2.75, 3.05) is 14.1 Å². The Balaban J connectivity index is 3.52. The molecule has 0 aromatic heterocycles. The summed E-state index contributed by atoms with van der Waals surface area (Å²) in [6, 6.07) is 1.80. The highest BCUT2D eigenvalue weighted by molar-refractivity contribution is 5.82. The molecule has 17 heavy (non-hydrogen) atoms. The molecule has 0 saturated carbocycles. The molecule has 0 fully saturated rings. The molecular formula is C14H22N2O. The summed E-state index contributed by atoms with van der Waals surface area (Å²) in [6.45, 7) is 8.24. The van der Waals surface area contributed by atoms with E-state index in [1.165, 1.54) is 11.1 Å². The van der Waals surface area contributed by atoms with Crippen molar-refractivity contribution in [1.82, 2.24) is 4.90 Å². The first-order chi connectivity index (χ1) is 7.77. The first-order valence-electron chi connectivity index (χ1n) is 5.80. The summed E-state index contributed by atoms with van der Waals surface area (Å²) in [4.78, 5) is 13.5. The zero-order valence-corrected chi connectivity index (χ0v) is 11.6. The Bertz CT molecular complexity index is 424. The van der Waals surface area contributed by atoms with Gasteiger partial charge in [0.15, 0.2) is 0 Å². The maximum atomic E-state index is 11.6. The Labute approximate surface area is 104 Å². The first kappa shape index (κ1) is 13.7. The van der Waals surface area contributed by atoms with E-state index in [0.29, 0.717) is 0 Å². The number of rotatable bonds is 3. The maximum Gasteiger partial charge on any atom is 0.239 e. The van der Waals surface area contributed by atoms with E-state index in [9.17, 15) is 4.79 Å². The summed E-state index contributed by atoms with van der Waals surface area (Å²) in [5.41, 5.74) is 11.3. The quantitative estimate of drug-likeness (QED) is 0.869. The van der Waals surface area contributed by atoms with Crippen LogP contribution in [-0.4, -0.2) is 24.9 Å². The fraction of sp³-hybridized carbons (Fsp3) is 0.500. The van der Waals surface area contributed by atoms with Crippen LogP contribution in [0.5, 0.6) is 0 Å². The number of primary amides is 1. The molecule has 3 nitrogen and oxygen atoms in total. The van der Waals surface area contributed by atoms with Crippen molar-refractivity contribution in [3.8, 4) is 0 Å². The lowest BCUT2D eigenvalue weighted by molar-refractivity contribution is -0.122. The largest absolute Gasteiger partial charge is 0.368 e. The molecule has 3 heteroatoms. The van der Waals surface area contributed by atoms with Gasteiger partial charge in [-0.2, -0.15) is 0 Å². The lowest BCUT2D eigenvalue weighted by Gasteiger charge is -2.26. The highest BCUT2D eigenvalue weighted by atomic mass is 16.1. The summed E-state index contributed by atoms with van der Waals surface area (Å²) in [5, 5.41) is 0. The SMILES string of the molecule is Cc1cc(C)c(C)c(C(C(N)=O)N(C)C)c1C. The number of aryl methyl sites for hydroxylation is 2. The second-order valence-corrected chi connectivity index (χ2v) is 4.94. The monoisotopic (exact) mass is 234 g/mol. The van der Waals surface area contributed by atoms with Crippen molar-refractivity contribution in [3.05, 3.63) is 33.9 Å². The van der Waals surface area contributed by atoms with Gasteiger partial charge in [0.2, 0.25) is 5.91 Å². The molecule has 0 saturated heterocycles. The van der Waals surface area contributed by atoms with E-state index in [1.807, 2.05) is 19.0 Å². The van der Waals surface area contributed by atoms with Crippen molar-refractivity contribution in [2.45, 2.75) is 33.7 Å². The average molecular weight is 234 g/mol. The Morgan fingerprint density at radius 1 is 1.12 bits per heavy atom. The number of amides is 1. The van der Waals surface area contributed by atoms with Gasteiger partial charge in [-0.1, -0.05) is 6.07 Å². The summed E-state index contributed by atoms with van der Waals surface area (Å²) in [5.74, 6) is -0.300. The van der Waals surface area contributed by atoms with E-state index in [4.69, 9.17) is 5.73 Å². The molecule has 0 aliphatic rings. The van der Waals surface area contributed by atoms with Crippen molar-refractivity contribution in [3.63, 3.8) is 0 Å². The Hall–Kier alpha value is -1.35. The van der Waals surface area contributed by atoms with E-state index >= 15 is 0 Å². The second-order valence-electron chi connectivity index (χ2n) is 4.94. The molecule has 1 aromatic rings. The minimum atomic E-state index is -0.353. The third-order valence-electron chi connectivity index (χ3n) is 3.48. The number of carbonyl (C=O) groups is 1. The molecule has 0 radical (unpaired) electrons. The van der Waals surface area contributed by atoms with Gasteiger partial charge in [-0.3, -0.25) is 9.69 Å². The summed E-state index contributed by atoms with van der Waals surface area (Å²) in [7, 11) is 3.76. The second kappa shape index (κ2) is 4.88. The topological polar surface area (TPSA) is 46.3 Å². The number of carbonyl (C=O) groups excluding carboxylic acids is 1. The Morgan fingerprint density at radius 3 is 1.82 bits per heavy atom. The van der Waals surface area contributed by atoms with Crippen LogP contribution in [0.2, 0.25) is 0 Å². The Kier molecular flexibility index (Phi) is 3.94. The van der Waals surface area contributed by atoms with E-state index in [-0.39, 0.29) is 11.9 Å². The van der Waals surface area contributed by atoms with Gasteiger partial charge in [0.05, 0.1) is 0 Å². The molecule has 1 unspecified atom stereocenters. The standard InChI is InChI=1S/C14H22N2O/c1-8-7-9(2)11(4)12(10(8)3)13(14(15)17)16(5)6/h7,13H,1-6H3,(H2,15,17). The number of likely N-dealkylation sites (N-methyl/N-ethyl adjacent to an activating group) is 1. The van der Waals surface area contributed by atoms with Crippen LogP contribution >= 0.6 is 0 Å². The van der Waals surface area contributed by atoms with Crippen LogP contribution in [0.15, 0.2) is 6.07 Å². The summed E-state index contributed by atoms with van der Waals surface area (Å²) < 4.78 is 0. The van der Waals surface area contributed by atoms with Gasteiger partial charge in [0, 0.05) is 0 Å². The highest BCUT2D eigenvalue weighted by Gasteiger charge is 2.25. The third kappa shape index (κ3) is 2.50. The van der Waals surface area contributed by atoms with Gasteiger partial charge in [0.25, 0.3) is 0 Å². The lowest BCUT2D eigenvalue weighted by atomic mass is 9.89. The van der Waals surface area contributed by atoms with E-state index in [2.05, 4.69) is 33.8 Å². The molecule has 1 rings (SSSR count). The number of hydrogen-bond acceptors (Lipinski definition) is 2. The fourth-order valence-corrected chi connectivity index (χ4v) is 2.31. The first-order valence-corrected chi connectivity index (χ1v) is 5.80. The minimum Gasteiger partial charge on any atom is -0.368 e. The third-order valence-corrected chi connectivity index (χ3v) is 3.48. The predicted octanol–water partition coefficient (Wildman–Crippen LogP) is 2.01. The van der Waals surface area contributed by atoms with Crippen LogP contribution in [0.1, 0.15) is 33.9 Å². The Morgan fingerprint density at radius 2 is 1.53 bits per heavy atom. The van der Waals surface area contributed by atoms with Gasteiger partial charge < -0.3 is 5.73 Å². The highest BCUT2D eigenvalue weighted by Crippen LogP contribution is 2.29. The molecule has 94 valence electrons.